The van der Waals surface area contributed by atoms with Crippen molar-refractivity contribution in [1.82, 2.24) is 14.6 Å². The summed E-state index contributed by atoms with van der Waals surface area (Å²) >= 11 is 1.40. The zero-order valence-corrected chi connectivity index (χ0v) is 15.1. The number of benzene rings is 1. The van der Waals surface area contributed by atoms with Crippen molar-refractivity contribution >= 4 is 58.1 Å². The second-order valence-corrected chi connectivity index (χ2v) is 6.57. The third-order valence-corrected chi connectivity index (χ3v) is 4.82. The number of halogens is 1. The topological polar surface area (TPSA) is 85.6 Å². The number of rotatable bonds is 3. The summed E-state index contributed by atoms with van der Waals surface area (Å²) in [6.45, 7) is 2.08. The van der Waals surface area contributed by atoms with E-state index in [1.807, 2.05) is 24.3 Å². The van der Waals surface area contributed by atoms with Crippen molar-refractivity contribution in [2.24, 2.45) is 4.99 Å². The maximum Gasteiger partial charge on any atom is 0.283 e. The fourth-order valence-corrected chi connectivity index (χ4v) is 3.67. The minimum Gasteiger partial charge on any atom is -0.383 e. The highest BCUT2D eigenvalue weighted by Gasteiger charge is 2.16. The van der Waals surface area contributed by atoms with E-state index < -0.39 is 0 Å². The number of nitrogens with zero attached hydrogens (tertiary/aromatic N) is 4. The second kappa shape index (κ2) is 6.78. The molecule has 0 fully saturated rings. The summed E-state index contributed by atoms with van der Waals surface area (Å²) in [5.74, 6) is 0.314. The van der Waals surface area contributed by atoms with Gasteiger partial charge in [-0.05, 0) is 18.6 Å². The third-order valence-electron chi connectivity index (χ3n) is 3.86. The lowest BCUT2D eigenvalue weighted by Crippen LogP contribution is -2.16. The first kappa shape index (κ1) is 17.3. The Kier molecular flexibility index (Phi) is 4.69. The summed E-state index contributed by atoms with van der Waals surface area (Å²) in [6.07, 6.45) is 5.31. The Morgan fingerprint density at radius 2 is 2.12 bits per heavy atom. The number of aromatic nitrogens is 3. The number of anilines is 1. The van der Waals surface area contributed by atoms with Gasteiger partial charge in [0, 0.05) is 23.8 Å². The van der Waals surface area contributed by atoms with E-state index in [4.69, 9.17) is 5.73 Å². The average molecular weight is 374 g/mol. The predicted octanol–water partition coefficient (Wildman–Crippen LogP) is 3.36. The largest absolute Gasteiger partial charge is 0.383 e. The first-order chi connectivity index (χ1) is 11.7. The molecule has 0 unspecified atom stereocenters. The van der Waals surface area contributed by atoms with Crippen molar-refractivity contribution in [2.75, 3.05) is 5.73 Å². The zero-order chi connectivity index (χ0) is 16.7. The van der Waals surface area contributed by atoms with Crippen molar-refractivity contribution in [3.05, 3.63) is 50.8 Å². The zero-order valence-electron chi connectivity index (χ0n) is 13.5. The van der Waals surface area contributed by atoms with Crippen LogP contribution >= 0.6 is 23.7 Å². The smallest absolute Gasteiger partial charge is 0.283 e. The van der Waals surface area contributed by atoms with E-state index in [2.05, 4.69) is 22.0 Å². The maximum atomic E-state index is 12.4. The molecule has 2 aromatic heterocycles. The Labute approximate surface area is 154 Å². The molecule has 6 nitrogen and oxygen atoms in total. The molecule has 0 saturated heterocycles. The Balaban J connectivity index is 0.00000182. The monoisotopic (exact) mass is 373 g/mol. The van der Waals surface area contributed by atoms with Crippen molar-refractivity contribution in [3.8, 4) is 0 Å². The van der Waals surface area contributed by atoms with Gasteiger partial charge < -0.3 is 5.73 Å². The number of allylic oxidation sites excluding steroid dienone is 1. The van der Waals surface area contributed by atoms with Crippen LogP contribution in [0, 0.1) is 0 Å². The lowest BCUT2D eigenvalue weighted by molar-refractivity contribution is 0.842. The highest BCUT2D eigenvalue weighted by atomic mass is 35.5. The number of hydrogen-bond acceptors (Lipinski definition) is 6. The Morgan fingerprint density at radius 3 is 2.92 bits per heavy atom. The molecular formula is C17H16ClN5OS. The molecule has 0 amide bonds. The first-order valence-corrected chi connectivity index (χ1v) is 8.52. The van der Waals surface area contributed by atoms with Gasteiger partial charge in [-0.3, -0.25) is 9.79 Å². The van der Waals surface area contributed by atoms with Gasteiger partial charge in [0.1, 0.15) is 10.8 Å². The molecule has 25 heavy (non-hydrogen) atoms. The van der Waals surface area contributed by atoms with Gasteiger partial charge in [-0.15, -0.1) is 12.4 Å². The molecule has 1 aliphatic heterocycles. The summed E-state index contributed by atoms with van der Waals surface area (Å²) in [5.41, 5.74) is 8.92. The van der Waals surface area contributed by atoms with Crippen LogP contribution in [0.4, 0.5) is 11.5 Å². The maximum absolute atomic E-state index is 12.4. The fraction of sp³-hybridized carbons (Fsp3) is 0.176. The molecular weight excluding hydrogens is 358 g/mol. The molecule has 2 N–H and O–H groups in total. The molecule has 3 aromatic rings. The summed E-state index contributed by atoms with van der Waals surface area (Å²) in [5, 5.41) is 5.39. The number of aliphatic imine (C=N–C) groups is 1. The van der Waals surface area contributed by atoms with Crippen LogP contribution in [0.5, 0.6) is 0 Å². The van der Waals surface area contributed by atoms with Crippen molar-refractivity contribution in [1.29, 1.82) is 0 Å². The number of nitrogens with two attached hydrogens (primary N) is 1. The van der Waals surface area contributed by atoms with E-state index in [-0.39, 0.29) is 18.0 Å². The van der Waals surface area contributed by atoms with Gasteiger partial charge in [-0.25, -0.2) is 0 Å². The molecule has 0 atom stereocenters. The fourth-order valence-electron chi connectivity index (χ4n) is 2.68. The number of para-hydroxylation sites is 1. The van der Waals surface area contributed by atoms with Gasteiger partial charge in [0.25, 0.3) is 5.56 Å². The SMILES string of the molecule is CCCc1nn2c(N)c(/C=C3\C=Nc4ccccc43)c(=O)nc2s1.Cl. The molecule has 3 heterocycles. The van der Waals surface area contributed by atoms with Gasteiger partial charge >= 0.3 is 0 Å². The second-order valence-electron chi connectivity index (χ2n) is 5.53. The highest BCUT2D eigenvalue weighted by Crippen LogP contribution is 2.32. The van der Waals surface area contributed by atoms with Crippen LogP contribution in [-0.4, -0.2) is 20.8 Å². The van der Waals surface area contributed by atoms with Gasteiger partial charge in [0.2, 0.25) is 4.96 Å². The van der Waals surface area contributed by atoms with Crippen molar-refractivity contribution in [2.45, 2.75) is 19.8 Å². The van der Waals surface area contributed by atoms with Crippen LogP contribution in [0.25, 0.3) is 16.6 Å². The number of hydrogen-bond donors (Lipinski definition) is 1. The highest BCUT2D eigenvalue weighted by molar-refractivity contribution is 7.16. The van der Waals surface area contributed by atoms with E-state index in [0.29, 0.717) is 16.3 Å². The minimum absolute atomic E-state index is 0. The van der Waals surface area contributed by atoms with E-state index in [0.717, 1.165) is 34.7 Å². The van der Waals surface area contributed by atoms with Crippen LogP contribution in [0.15, 0.2) is 34.1 Å². The van der Waals surface area contributed by atoms with Crippen LogP contribution in [-0.2, 0) is 6.42 Å². The lowest BCUT2D eigenvalue weighted by Gasteiger charge is -2.03. The molecule has 0 aliphatic carbocycles. The quantitative estimate of drug-likeness (QED) is 0.762. The summed E-state index contributed by atoms with van der Waals surface area (Å²) in [4.78, 5) is 21.4. The number of aryl methyl sites for hydroxylation is 1. The average Bonchev–Trinajstić information content (AvgIpc) is 3.16. The minimum atomic E-state index is -0.343. The molecule has 0 saturated carbocycles. The molecule has 0 spiro atoms. The predicted molar refractivity (Wildman–Crippen MR) is 105 cm³/mol. The molecule has 8 heteroatoms. The van der Waals surface area contributed by atoms with Gasteiger partial charge in [0.15, 0.2) is 0 Å². The van der Waals surface area contributed by atoms with Crippen LogP contribution in [0.3, 0.4) is 0 Å². The van der Waals surface area contributed by atoms with Crippen LogP contribution in [0.2, 0.25) is 0 Å². The standard InChI is InChI=1S/C17H15N5OS.ClH/c1-2-5-14-21-22-15(18)12(16(23)20-17(22)24-14)8-10-9-19-13-7-4-3-6-11(10)13;/h3-4,6-9H,2,5,18H2,1H3;1H/b10-8+;. The summed E-state index contributed by atoms with van der Waals surface area (Å²) < 4.78 is 1.56. The summed E-state index contributed by atoms with van der Waals surface area (Å²) in [6, 6.07) is 7.77. The lowest BCUT2D eigenvalue weighted by atomic mass is 10.1. The molecule has 1 aliphatic rings. The molecule has 128 valence electrons. The first-order valence-electron chi connectivity index (χ1n) is 7.70. The van der Waals surface area contributed by atoms with Gasteiger partial charge in [-0.2, -0.15) is 14.6 Å². The Morgan fingerprint density at radius 1 is 1.32 bits per heavy atom. The third kappa shape index (κ3) is 2.96. The molecule has 0 bridgehead atoms. The normalized spacial score (nSPS) is 14.0. The van der Waals surface area contributed by atoms with E-state index >= 15 is 0 Å². The van der Waals surface area contributed by atoms with Crippen molar-refractivity contribution < 1.29 is 0 Å². The van der Waals surface area contributed by atoms with E-state index in [1.54, 1.807) is 16.8 Å². The van der Waals surface area contributed by atoms with Crippen molar-refractivity contribution in [3.63, 3.8) is 0 Å². The molecule has 4 rings (SSSR count). The number of fused-ring (bicyclic) bond motifs is 2. The molecule has 0 radical (unpaired) electrons. The van der Waals surface area contributed by atoms with Gasteiger partial charge in [0.05, 0.1) is 11.3 Å². The number of nitrogen functional groups attached to an aromatic ring is 1. The summed E-state index contributed by atoms with van der Waals surface area (Å²) in [7, 11) is 0. The Bertz CT molecular complexity index is 1070. The van der Waals surface area contributed by atoms with E-state index in [9.17, 15) is 4.79 Å². The van der Waals surface area contributed by atoms with E-state index in [1.165, 1.54) is 11.3 Å². The van der Waals surface area contributed by atoms with Gasteiger partial charge in [-0.1, -0.05) is 36.5 Å². The van der Waals surface area contributed by atoms with Crippen LogP contribution in [0.1, 0.15) is 29.5 Å². The van der Waals surface area contributed by atoms with Crippen LogP contribution < -0.4 is 11.3 Å². The Hall–Kier alpha value is -2.51. The molecule has 1 aromatic carbocycles.